The second-order valence-electron chi connectivity index (χ2n) is 9.01. The number of urea groups is 1. The van der Waals surface area contributed by atoms with Crippen molar-refractivity contribution in [3.8, 4) is 5.69 Å². The topological polar surface area (TPSA) is 136 Å². The molecule has 0 radical (unpaired) electrons. The monoisotopic (exact) mass is 494 g/mol. The van der Waals surface area contributed by atoms with Crippen molar-refractivity contribution < 1.29 is 23.5 Å². The van der Waals surface area contributed by atoms with E-state index in [0.717, 1.165) is 0 Å². The fourth-order valence-corrected chi connectivity index (χ4v) is 3.69. The lowest BCUT2D eigenvalue weighted by atomic mass is 10.1. The lowest BCUT2D eigenvalue weighted by Gasteiger charge is -2.34. The van der Waals surface area contributed by atoms with E-state index in [2.05, 4.69) is 5.32 Å². The molecule has 0 bridgehead atoms. The molecule has 1 aromatic heterocycles. The van der Waals surface area contributed by atoms with Crippen LogP contribution in [0.3, 0.4) is 0 Å². The highest BCUT2D eigenvalue weighted by atomic mass is 35.5. The summed E-state index contributed by atoms with van der Waals surface area (Å²) >= 11 is 5.75. The highest BCUT2D eigenvalue weighted by Gasteiger charge is 2.30. The first kappa shape index (κ1) is 25.3. The number of primary amides is 1. The van der Waals surface area contributed by atoms with Crippen LogP contribution in [0.25, 0.3) is 5.69 Å². The Bertz CT molecular complexity index is 1100. The third-order valence-corrected chi connectivity index (χ3v) is 5.46. The Balaban J connectivity index is 1.82. The van der Waals surface area contributed by atoms with Crippen LogP contribution in [-0.2, 0) is 4.74 Å². The lowest BCUT2D eigenvalue weighted by molar-refractivity contribution is 0.0185. The van der Waals surface area contributed by atoms with Crippen molar-refractivity contribution in [1.29, 1.82) is 0 Å². The maximum Gasteiger partial charge on any atom is 0.410 e. The summed E-state index contributed by atoms with van der Waals surface area (Å²) in [5, 5.41) is 3.44. The van der Waals surface area contributed by atoms with Gasteiger partial charge in [-0.05, 0) is 51.8 Å². The molecule has 0 spiro atoms. The molecule has 4 amide bonds. The van der Waals surface area contributed by atoms with E-state index in [4.69, 9.17) is 27.9 Å². The van der Waals surface area contributed by atoms with Crippen molar-refractivity contribution in [2.75, 3.05) is 18.1 Å². The number of nitrogens with zero attached hydrogens (tertiary/aromatic N) is 3. The minimum Gasteiger partial charge on any atom is -0.444 e. The normalized spacial score (nSPS) is 16.2. The van der Waals surface area contributed by atoms with Gasteiger partial charge in [-0.2, -0.15) is 0 Å². The molecular formula is C22H28ClFN6O4. The number of piperidine rings is 1. The van der Waals surface area contributed by atoms with E-state index >= 15 is 0 Å². The summed E-state index contributed by atoms with van der Waals surface area (Å²) in [5.41, 5.74) is 5.10. The zero-order valence-corrected chi connectivity index (χ0v) is 19.9. The molecule has 1 saturated heterocycles. The molecule has 1 aliphatic heterocycles. The van der Waals surface area contributed by atoms with Gasteiger partial charge in [0.15, 0.2) is 0 Å². The molecule has 10 nitrogen and oxygen atoms in total. The van der Waals surface area contributed by atoms with Crippen LogP contribution in [0.2, 0.25) is 5.02 Å². The van der Waals surface area contributed by atoms with Gasteiger partial charge in [0.05, 0.1) is 16.3 Å². The second-order valence-corrected chi connectivity index (χ2v) is 9.42. The number of carbonyl (C=O) groups is 3. The van der Waals surface area contributed by atoms with Crippen molar-refractivity contribution in [1.82, 2.24) is 14.8 Å². The number of likely N-dealkylation sites (tertiary alicyclic amines) is 1. The first-order valence-corrected chi connectivity index (χ1v) is 11.0. The largest absolute Gasteiger partial charge is 0.444 e. The fourth-order valence-electron chi connectivity index (χ4n) is 3.57. The van der Waals surface area contributed by atoms with Crippen molar-refractivity contribution in [3.05, 3.63) is 47.0 Å². The van der Waals surface area contributed by atoms with E-state index in [1.54, 1.807) is 31.7 Å². The third kappa shape index (κ3) is 5.97. The molecule has 0 unspecified atom stereocenters. The number of nitrogens with one attached hydrogen (secondary N) is 1. The maximum atomic E-state index is 14.0. The standard InChI is InChI=1S/C22H28ClFN6O4/c1-22(2,3)34-21(33)28-8-4-5-13(10-28)27-19(31)15-11-29(12-18(15)30(26)20(25)32)14-6-7-16(23)17(24)9-14/h6-7,9,11-13H,4-5,8,10,26H2,1-3H3,(H2,25,32)(H,27,31)/t13-/m0/s1. The number of ether oxygens (including phenoxy) is 1. The molecule has 1 fully saturated rings. The Morgan fingerprint density at radius 1 is 1.26 bits per heavy atom. The van der Waals surface area contributed by atoms with Crippen LogP contribution in [0.1, 0.15) is 44.0 Å². The van der Waals surface area contributed by atoms with Gasteiger partial charge in [-0.1, -0.05) is 11.6 Å². The number of aromatic nitrogens is 1. The maximum absolute atomic E-state index is 14.0. The van der Waals surface area contributed by atoms with E-state index in [0.29, 0.717) is 30.1 Å². The van der Waals surface area contributed by atoms with Gasteiger partial charge < -0.3 is 25.3 Å². The van der Waals surface area contributed by atoms with Crippen molar-refractivity contribution in [2.24, 2.45) is 11.6 Å². The second kappa shape index (κ2) is 9.90. The smallest absolute Gasteiger partial charge is 0.410 e. The quantitative estimate of drug-likeness (QED) is 0.341. The molecule has 1 atom stereocenters. The number of benzene rings is 1. The van der Waals surface area contributed by atoms with E-state index in [-0.39, 0.29) is 28.9 Å². The first-order valence-electron chi connectivity index (χ1n) is 10.7. The van der Waals surface area contributed by atoms with Crippen LogP contribution in [0.15, 0.2) is 30.6 Å². The Hall–Kier alpha value is -3.31. The van der Waals surface area contributed by atoms with Gasteiger partial charge in [0.2, 0.25) is 0 Å². The molecule has 1 aromatic carbocycles. The van der Waals surface area contributed by atoms with Crippen LogP contribution in [0, 0.1) is 5.82 Å². The van der Waals surface area contributed by atoms with Gasteiger partial charge in [0.1, 0.15) is 11.4 Å². The van der Waals surface area contributed by atoms with Crippen LogP contribution >= 0.6 is 11.6 Å². The van der Waals surface area contributed by atoms with Crippen LogP contribution in [-0.4, -0.2) is 52.2 Å². The summed E-state index contributed by atoms with van der Waals surface area (Å²) in [5.74, 6) is 4.60. The van der Waals surface area contributed by atoms with Gasteiger partial charge >= 0.3 is 12.1 Å². The molecule has 5 N–H and O–H groups in total. The Morgan fingerprint density at radius 3 is 2.59 bits per heavy atom. The van der Waals surface area contributed by atoms with Gasteiger partial charge in [0.25, 0.3) is 5.91 Å². The highest BCUT2D eigenvalue weighted by molar-refractivity contribution is 6.30. The number of nitrogens with two attached hydrogens (primary N) is 2. The van der Waals surface area contributed by atoms with Gasteiger partial charge in [-0.3, -0.25) is 4.79 Å². The summed E-state index contributed by atoms with van der Waals surface area (Å²) in [6, 6.07) is 2.76. The average Bonchev–Trinajstić information content (AvgIpc) is 3.19. The van der Waals surface area contributed by atoms with Crippen LogP contribution in [0.4, 0.5) is 19.7 Å². The number of anilines is 1. The lowest BCUT2D eigenvalue weighted by Crippen LogP contribution is -2.51. The third-order valence-electron chi connectivity index (χ3n) is 5.16. The molecule has 1 aliphatic rings. The van der Waals surface area contributed by atoms with Gasteiger partial charge in [-0.25, -0.2) is 24.8 Å². The van der Waals surface area contributed by atoms with Crippen molar-refractivity contribution >= 4 is 35.3 Å². The number of amides is 4. The van der Waals surface area contributed by atoms with Gasteiger partial charge in [-0.15, -0.1) is 0 Å². The molecule has 0 aliphatic carbocycles. The Kier molecular flexibility index (Phi) is 7.37. The van der Waals surface area contributed by atoms with E-state index in [1.807, 2.05) is 0 Å². The summed E-state index contributed by atoms with van der Waals surface area (Å²) in [6.45, 7) is 6.13. The number of hydrogen-bond acceptors (Lipinski definition) is 5. The van der Waals surface area contributed by atoms with Crippen molar-refractivity contribution in [2.45, 2.75) is 45.3 Å². The van der Waals surface area contributed by atoms with Crippen LogP contribution in [0.5, 0.6) is 0 Å². The minimum absolute atomic E-state index is 0.0279. The van der Waals surface area contributed by atoms with Crippen molar-refractivity contribution in [3.63, 3.8) is 0 Å². The number of rotatable bonds is 4. The Labute approximate surface area is 201 Å². The molecule has 184 valence electrons. The summed E-state index contributed by atoms with van der Waals surface area (Å²) in [6.07, 6.45) is 3.66. The average molecular weight is 495 g/mol. The molecular weight excluding hydrogens is 467 g/mol. The summed E-state index contributed by atoms with van der Waals surface area (Å²) in [7, 11) is 0. The summed E-state index contributed by atoms with van der Waals surface area (Å²) < 4.78 is 20.8. The highest BCUT2D eigenvalue weighted by Crippen LogP contribution is 2.26. The molecule has 34 heavy (non-hydrogen) atoms. The number of hydrogen-bond donors (Lipinski definition) is 3. The molecule has 0 saturated carbocycles. The van der Waals surface area contributed by atoms with Gasteiger partial charge in [0, 0.05) is 37.2 Å². The molecule has 2 heterocycles. The predicted octanol–water partition coefficient (Wildman–Crippen LogP) is 3.16. The number of carbonyl (C=O) groups excluding carboxylic acids is 3. The predicted molar refractivity (Wildman–Crippen MR) is 125 cm³/mol. The first-order chi connectivity index (χ1) is 15.9. The zero-order valence-electron chi connectivity index (χ0n) is 19.2. The summed E-state index contributed by atoms with van der Waals surface area (Å²) in [4.78, 5) is 38.8. The number of hydrazine groups is 1. The van der Waals surface area contributed by atoms with E-state index in [9.17, 15) is 18.8 Å². The minimum atomic E-state index is -0.983. The van der Waals surface area contributed by atoms with E-state index in [1.165, 1.54) is 29.1 Å². The molecule has 12 heteroatoms. The van der Waals surface area contributed by atoms with Crippen LogP contribution < -0.4 is 21.9 Å². The Morgan fingerprint density at radius 2 is 1.97 bits per heavy atom. The molecule has 3 rings (SSSR count). The fraction of sp³-hybridized carbons (Fsp3) is 0.409. The number of halogens is 2. The SMILES string of the molecule is CC(C)(C)OC(=O)N1CCC[C@H](NC(=O)c2cn(-c3ccc(Cl)c(F)c3)cc2N(N)C(N)=O)C1. The zero-order chi connectivity index (χ0) is 25.2. The van der Waals surface area contributed by atoms with E-state index < -0.39 is 29.4 Å². The molecule has 2 aromatic rings.